The number of nitriles is 1. The number of aromatic nitrogens is 6. The van der Waals surface area contributed by atoms with Gasteiger partial charge in [-0.05, 0) is 141 Å². The highest BCUT2D eigenvalue weighted by Gasteiger charge is 2.15. The standard InChI is InChI=1S/C14H9N3O2.C13H11IN2O3.C13H9IN2O2.C7H9NO2.C6H4INO2.CH4/c1-18-10-2-3-12-13(6-10)19-14(17-12)11-4-5-16-8-9(11)7-15;1-19-8-2-3-11(12(17)6-8)16-13(18)9-4-5-15-7-10(9)14;1-17-8-2-3-11-12(6-8)18-13(16-11)9-4-5-15-7-10(9)14;1-10-5-2-3-6(8)7(9)4-5;7-5-3-8-2-1-4(5)6(9)10;/h2-6,8H,1H3;2-7,17H,1H3,(H,16,18);2-7H,1H3;2-4,9H,8H2,1H3;1-3H,(H,9,10);1H4. The molecule has 0 atom stereocenters. The third kappa shape index (κ3) is 16.3. The maximum absolute atomic E-state index is 12.1. The van der Waals surface area contributed by atoms with Gasteiger partial charge in [0.2, 0.25) is 11.8 Å². The Morgan fingerprint density at radius 2 is 1.03 bits per heavy atom. The average molecular weight is 1380 g/mol. The monoisotopic (exact) mass is 1380 g/mol. The number of aromatic carboxylic acids is 1. The Bertz CT molecular complexity index is 3670. The third-order valence-corrected chi connectivity index (χ3v) is 12.7. The van der Waals surface area contributed by atoms with Crippen molar-refractivity contribution in [2.75, 3.05) is 39.5 Å². The fourth-order valence-electron chi connectivity index (χ4n) is 6.21. The second-order valence-electron chi connectivity index (χ2n) is 14.9. The van der Waals surface area contributed by atoms with Crippen molar-refractivity contribution in [3.05, 3.63) is 174 Å². The molecule has 1 amide bonds. The number of hydrogen-bond acceptors (Lipinski definition) is 18. The lowest BCUT2D eigenvalue weighted by atomic mass is 10.1. The number of halogens is 3. The Kier molecular flexibility index (Phi) is 22.5. The molecule has 20 nitrogen and oxygen atoms in total. The molecular weight excluding hydrogens is 1330 g/mol. The number of nitrogen functional groups attached to an aromatic ring is 1. The smallest absolute Gasteiger partial charge is 0.336 e. The van der Waals surface area contributed by atoms with E-state index in [2.05, 4.69) is 63.9 Å². The van der Waals surface area contributed by atoms with Gasteiger partial charge in [-0.2, -0.15) is 5.26 Å². The Hall–Kier alpha value is -8.36. The Morgan fingerprint density at radius 1 is 0.584 bits per heavy atom. The number of carbonyl (C=O) groups excluding carboxylic acids is 1. The fraction of sp³-hybridized carbons (Fsp3) is 0.0926. The number of amides is 1. The van der Waals surface area contributed by atoms with Gasteiger partial charge < -0.3 is 54.2 Å². The number of hydrogen-bond donors (Lipinski definition) is 5. The van der Waals surface area contributed by atoms with Crippen molar-refractivity contribution in [2.24, 2.45) is 0 Å². The molecular formula is C54H46I3N9O11. The second-order valence-corrected chi connectivity index (χ2v) is 18.4. The van der Waals surface area contributed by atoms with Crippen LogP contribution >= 0.6 is 67.8 Å². The molecule has 6 N–H and O–H groups in total. The predicted molar refractivity (Wildman–Crippen MR) is 314 cm³/mol. The molecule has 0 aliphatic heterocycles. The molecule has 394 valence electrons. The summed E-state index contributed by atoms with van der Waals surface area (Å²) < 4.78 is 33.9. The summed E-state index contributed by atoms with van der Waals surface area (Å²) in [6, 6.07) is 29.2. The molecule has 0 aliphatic rings. The van der Waals surface area contributed by atoms with Crippen LogP contribution in [0.25, 0.3) is 45.1 Å². The molecule has 10 aromatic rings. The summed E-state index contributed by atoms with van der Waals surface area (Å²) in [4.78, 5) is 46.9. The number of methoxy groups -OCH3 is 4. The maximum atomic E-state index is 12.1. The number of carboxylic acids is 1. The van der Waals surface area contributed by atoms with Gasteiger partial charge in [-0.3, -0.25) is 24.7 Å². The number of carbonyl (C=O) groups is 2. The predicted octanol–water partition coefficient (Wildman–Crippen LogP) is 11.9. The number of nitrogens with one attached hydrogen (secondary N) is 1. The largest absolute Gasteiger partial charge is 0.506 e. The number of phenolic OH excluding ortho intramolecular Hbond substituents is 2. The summed E-state index contributed by atoms with van der Waals surface area (Å²) in [6.45, 7) is 0. The highest BCUT2D eigenvalue weighted by molar-refractivity contribution is 14.1. The van der Waals surface area contributed by atoms with E-state index in [1.807, 2.05) is 81.6 Å². The topological polar surface area (TPSA) is 297 Å². The first-order valence-electron chi connectivity index (χ1n) is 21.7. The Balaban J connectivity index is 0.000000181. The minimum absolute atomic E-state index is 0. The van der Waals surface area contributed by atoms with Crippen LogP contribution in [0.4, 0.5) is 11.4 Å². The molecule has 0 saturated carbocycles. The van der Waals surface area contributed by atoms with E-state index < -0.39 is 5.97 Å². The number of nitrogens with zero attached hydrogens (tertiary/aromatic N) is 7. The molecule has 0 unspecified atom stereocenters. The van der Waals surface area contributed by atoms with E-state index in [9.17, 15) is 14.7 Å². The average Bonchev–Trinajstić information content (AvgIpc) is 4.08. The van der Waals surface area contributed by atoms with E-state index in [0.717, 1.165) is 35.1 Å². The van der Waals surface area contributed by atoms with E-state index in [1.165, 1.54) is 51.0 Å². The van der Waals surface area contributed by atoms with Crippen LogP contribution in [0, 0.1) is 22.0 Å². The number of ether oxygens (including phenoxy) is 4. The van der Waals surface area contributed by atoms with Crippen molar-refractivity contribution in [2.45, 2.75) is 7.43 Å². The zero-order chi connectivity index (χ0) is 54.7. The summed E-state index contributed by atoms with van der Waals surface area (Å²) in [6.07, 6.45) is 12.7. The lowest BCUT2D eigenvalue weighted by molar-refractivity contribution is 0.0695. The number of aromatic hydroxyl groups is 2. The number of nitrogens with two attached hydrogens (primary N) is 1. The maximum Gasteiger partial charge on any atom is 0.336 e. The van der Waals surface area contributed by atoms with Crippen LogP contribution in [-0.2, 0) is 0 Å². The SMILES string of the molecule is C.COc1ccc(N)c(O)c1.COc1ccc(NC(=O)c2ccncc2I)c(O)c1.COc1ccc2nc(-c3ccncc3C#N)oc2c1.COc1ccc2nc(-c3ccncc3I)oc2c1.O=C(O)c1ccncc1I. The van der Waals surface area contributed by atoms with Crippen molar-refractivity contribution >= 4 is 113 Å². The normalized spacial score (nSPS) is 9.95. The van der Waals surface area contributed by atoms with Gasteiger partial charge in [0.15, 0.2) is 11.2 Å². The summed E-state index contributed by atoms with van der Waals surface area (Å²) in [5, 5.41) is 39.0. The number of anilines is 2. The number of carboxylic acid groups (broad SMARTS) is 1. The molecule has 0 saturated heterocycles. The van der Waals surface area contributed by atoms with Crippen LogP contribution in [-0.4, -0.2) is 85.5 Å². The molecule has 0 spiro atoms. The summed E-state index contributed by atoms with van der Waals surface area (Å²) in [5.74, 6) is 2.39. The Labute approximate surface area is 481 Å². The zero-order valence-electron chi connectivity index (χ0n) is 40.3. The number of oxazole rings is 2. The van der Waals surface area contributed by atoms with E-state index in [4.69, 9.17) is 49.0 Å². The first-order chi connectivity index (χ1) is 36.7. The lowest BCUT2D eigenvalue weighted by Gasteiger charge is -2.09. The molecule has 0 radical (unpaired) electrons. The molecule has 0 fully saturated rings. The van der Waals surface area contributed by atoms with Crippen molar-refractivity contribution in [1.82, 2.24) is 29.9 Å². The van der Waals surface area contributed by atoms with E-state index in [-0.39, 0.29) is 24.8 Å². The third-order valence-electron chi connectivity index (χ3n) is 10.1. The number of benzene rings is 4. The van der Waals surface area contributed by atoms with Gasteiger partial charge in [-0.25, -0.2) is 14.8 Å². The van der Waals surface area contributed by atoms with Gasteiger partial charge in [-0.15, -0.1) is 0 Å². The van der Waals surface area contributed by atoms with Crippen LogP contribution in [0.3, 0.4) is 0 Å². The minimum Gasteiger partial charge on any atom is -0.506 e. The first-order valence-corrected chi connectivity index (χ1v) is 25.0. The van der Waals surface area contributed by atoms with E-state index in [1.54, 1.807) is 87.7 Å². The van der Waals surface area contributed by atoms with Gasteiger partial charge in [0.25, 0.3) is 5.91 Å². The van der Waals surface area contributed by atoms with Crippen LogP contribution in [0.2, 0.25) is 0 Å². The number of fused-ring (bicyclic) bond motifs is 2. The molecule has 77 heavy (non-hydrogen) atoms. The lowest BCUT2D eigenvalue weighted by Crippen LogP contribution is -2.13. The highest BCUT2D eigenvalue weighted by Crippen LogP contribution is 2.32. The minimum atomic E-state index is -0.910. The summed E-state index contributed by atoms with van der Waals surface area (Å²) >= 11 is 6.18. The quantitative estimate of drug-likeness (QED) is 0.0509. The van der Waals surface area contributed by atoms with E-state index in [0.29, 0.717) is 71.8 Å². The fourth-order valence-corrected chi connectivity index (χ4v) is 7.93. The number of rotatable bonds is 9. The van der Waals surface area contributed by atoms with Crippen LogP contribution in [0.15, 0.2) is 155 Å². The second kappa shape index (κ2) is 29.1. The van der Waals surface area contributed by atoms with Crippen molar-refractivity contribution in [3.63, 3.8) is 0 Å². The Morgan fingerprint density at radius 3 is 1.49 bits per heavy atom. The number of phenols is 2. The van der Waals surface area contributed by atoms with Gasteiger partial charge in [0, 0.05) is 84.6 Å². The molecule has 10 rings (SSSR count). The molecule has 6 aromatic heterocycles. The summed E-state index contributed by atoms with van der Waals surface area (Å²) in [5.41, 5.74) is 11.7. The highest BCUT2D eigenvalue weighted by atomic mass is 127. The molecule has 6 heterocycles. The van der Waals surface area contributed by atoms with Crippen molar-refractivity contribution in [1.29, 1.82) is 5.26 Å². The van der Waals surface area contributed by atoms with Crippen LogP contribution < -0.4 is 30.0 Å². The van der Waals surface area contributed by atoms with Gasteiger partial charge in [-0.1, -0.05) is 7.43 Å². The zero-order valence-corrected chi connectivity index (χ0v) is 46.8. The van der Waals surface area contributed by atoms with Gasteiger partial charge >= 0.3 is 5.97 Å². The number of pyridine rings is 4. The van der Waals surface area contributed by atoms with Crippen molar-refractivity contribution < 1.29 is 52.7 Å². The van der Waals surface area contributed by atoms with Crippen LogP contribution in [0.5, 0.6) is 34.5 Å². The summed E-state index contributed by atoms with van der Waals surface area (Å²) in [7, 11) is 6.26. The van der Waals surface area contributed by atoms with Gasteiger partial charge in [0.05, 0.1) is 67.6 Å². The molecule has 23 heteroatoms. The molecule has 0 bridgehead atoms. The first kappa shape index (κ1) is 59.5. The van der Waals surface area contributed by atoms with E-state index >= 15 is 0 Å². The van der Waals surface area contributed by atoms with Gasteiger partial charge in [0.1, 0.15) is 51.6 Å². The van der Waals surface area contributed by atoms with Crippen LogP contribution in [0.1, 0.15) is 33.7 Å². The van der Waals surface area contributed by atoms with Crippen molar-refractivity contribution in [3.8, 4) is 63.5 Å². The molecule has 0 aliphatic carbocycles. The molecule has 4 aromatic carbocycles.